The minimum absolute atomic E-state index is 0.408. The van der Waals surface area contributed by atoms with Gasteiger partial charge in [-0.15, -0.1) is 0 Å². The van der Waals surface area contributed by atoms with Gasteiger partial charge < -0.3 is 19.9 Å². The fourth-order valence-electron chi connectivity index (χ4n) is 2.57. The zero-order chi connectivity index (χ0) is 16.2. The number of ether oxygens (including phenoxy) is 2. The highest BCUT2D eigenvalue weighted by atomic mass is 35.5. The molecule has 1 aliphatic rings. The van der Waals surface area contributed by atoms with E-state index in [1.54, 1.807) is 18.3 Å². The molecule has 2 aromatic rings. The van der Waals surface area contributed by atoms with Crippen molar-refractivity contribution >= 4 is 11.6 Å². The Bertz CT molecular complexity index is 675. The minimum atomic E-state index is -0.679. The normalized spacial score (nSPS) is 14.7. The van der Waals surface area contributed by atoms with Crippen LogP contribution in [0.15, 0.2) is 24.4 Å². The lowest BCUT2D eigenvalue weighted by molar-refractivity contribution is 0.163. The third-order valence-corrected chi connectivity index (χ3v) is 4.03. The molecule has 0 radical (unpaired) electrons. The van der Waals surface area contributed by atoms with E-state index in [2.05, 4.69) is 10.4 Å². The summed E-state index contributed by atoms with van der Waals surface area (Å²) in [6.45, 7) is 4.89. The van der Waals surface area contributed by atoms with Crippen LogP contribution in [0.1, 0.15) is 24.3 Å². The fraction of sp³-hybridized carbons (Fsp3) is 0.438. The van der Waals surface area contributed by atoms with Gasteiger partial charge in [-0.2, -0.15) is 5.10 Å². The number of rotatable bonds is 6. The van der Waals surface area contributed by atoms with Crippen molar-refractivity contribution < 1.29 is 14.6 Å². The molecule has 0 fully saturated rings. The number of aryl methyl sites for hydroxylation is 1. The largest absolute Gasteiger partial charge is 0.486 e. The van der Waals surface area contributed by atoms with E-state index in [1.807, 2.05) is 17.7 Å². The van der Waals surface area contributed by atoms with Crippen LogP contribution in [0.5, 0.6) is 11.5 Å². The standard InChI is InChI=1S/C16H20ClN3O3/c1-2-20-12(3-4-19-20)9-18-10-14(21)11-7-13(17)16-15(8-11)22-5-6-23-16/h3-4,7-8,14,18,21H,2,5-6,9-10H2,1H3. The summed E-state index contributed by atoms with van der Waals surface area (Å²) in [6, 6.07) is 5.46. The zero-order valence-electron chi connectivity index (χ0n) is 13.0. The summed E-state index contributed by atoms with van der Waals surface area (Å²) in [7, 11) is 0. The second-order valence-electron chi connectivity index (χ2n) is 5.31. The summed E-state index contributed by atoms with van der Waals surface area (Å²) in [6.07, 6.45) is 1.10. The highest BCUT2D eigenvalue weighted by molar-refractivity contribution is 6.32. The zero-order valence-corrected chi connectivity index (χ0v) is 13.7. The highest BCUT2D eigenvalue weighted by Crippen LogP contribution is 2.39. The molecular formula is C16H20ClN3O3. The lowest BCUT2D eigenvalue weighted by atomic mass is 10.1. The van der Waals surface area contributed by atoms with Gasteiger partial charge in [0.2, 0.25) is 0 Å². The average Bonchev–Trinajstić information content (AvgIpc) is 3.02. The minimum Gasteiger partial charge on any atom is -0.486 e. The van der Waals surface area contributed by atoms with Crippen molar-refractivity contribution in [2.24, 2.45) is 0 Å². The molecule has 3 rings (SSSR count). The predicted octanol–water partition coefficient (Wildman–Crippen LogP) is 2.15. The second kappa shape index (κ2) is 7.21. The van der Waals surface area contributed by atoms with Crippen LogP contribution in [-0.2, 0) is 13.1 Å². The molecule has 2 N–H and O–H groups in total. The molecule has 23 heavy (non-hydrogen) atoms. The van der Waals surface area contributed by atoms with E-state index in [0.29, 0.717) is 48.4 Å². The van der Waals surface area contributed by atoms with Crippen molar-refractivity contribution in [2.45, 2.75) is 26.1 Å². The molecule has 1 aliphatic heterocycles. The molecule has 2 heterocycles. The van der Waals surface area contributed by atoms with E-state index in [9.17, 15) is 5.11 Å². The van der Waals surface area contributed by atoms with Gasteiger partial charge in [0, 0.05) is 25.8 Å². The Morgan fingerprint density at radius 2 is 2.22 bits per heavy atom. The number of aliphatic hydroxyl groups is 1. The highest BCUT2D eigenvalue weighted by Gasteiger charge is 2.19. The Morgan fingerprint density at radius 3 is 3.04 bits per heavy atom. The second-order valence-corrected chi connectivity index (χ2v) is 5.72. The molecule has 0 saturated heterocycles. The quantitative estimate of drug-likeness (QED) is 0.845. The molecule has 7 heteroatoms. The van der Waals surface area contributed by atoms with Crippen LogP contribution < -0.4 is 14.8 Å². The number of nitrogens with zero attached hydrogens (tertiary/aromatic N) is 2. The molecule has 1 unspecified atom stereocenters. The van der Waals surface area contributed by atoms with E-state index < -0.39 is 6.10 Å². The van der Waals surface area contributed by atoms with Gasteiger partial charge in [0.15, 0.2) is 11.5 Å². The molecule has 6 nitrogen and oxygen atoms in total. The summed E-state index contributed by atoms with van der Waals surface area (Å²) in [5.41, 5.74) is 1.79. The SMILES string of the molecule is CCn1nccc1CNCC(O)c1cc(Cl)c2c(c1)OCCO2. The van der Waals surface area contributed by atoms with Crippen LogP contribution in [0.4, 0.5) is 0 Å². The first kappa shape index (κ1) is 16.1. The maximum Gasteiger partial charge on any atom is 0.179 e. The predicted molar refractivity (Wildman–Crippen MR) is 87.0 cm³/mol. The molecule has 0 spiro atoms. The lowest BCUT2D eigenvalue weighted by Crippen LogP contribution is -2.23. The third-order valence-electron chi connectivity index (χ3n) is 3.75. The van der Waals surface area contributed by atoms with Gasteiger partial charge >= 0.3 is 0 Å². The monoisotopic (exact) mass is 337 g/mol. The van der Waals surface area contributed by atoms with Crippen LogP contribution in [0.2, 0.25) is 5.02 Å². The first-order valence-corrected chi connectivity index (χ1v) is 8.05. The van der Waals surface area contributed by atoms with Gasteiger partial charge in [0.05, 0.1) is 16.8 Å². The Morgan fingerprint density at radius 1 is 1.39 bits per heavy atom. The fourth-order valence-corrected chi connectivity index (χ4v) is 2.85. The van der Waals surface area contributed by atoms with E-state index in [4.69, 9.17) is 21.1 Å². The maximum atomic E-state index is 10.4. The number of hydrogen-bond acceptors (Lipinski definition) is 5. The van der Waals surface area contributed by atoms with E-state index in [0.717, 1.165) is 12.2 Å². The molecule has 124 valence electrons. The van der Waals surface area contributed by atoms with Gasteiger partial charge in [0.1, 0.15) is 13.2 Å². The van der Waals surface area contributed by atoms with Crippen LogP contribution in [0, 0.1) is 0 Å². The van der Waals surface area contributed by atoms with Crippen LogP contribution in [0.3, 0.4) is 0 Å². The van der Waals surface area contributed by atoms with Crippen LogP contribution in [0.25, 0.3) is 0 Å². The Hall–Kier alpha value is -1.76. The van der Waals surface area contributed by atoms with Crippen molar-refractivity contribution in [2.75, 3.05) is 19.8 Å². The maximum absolute atomic E-state index is 10.4. The molecular weight excluding hydrogens is 318 g/mol. The summed E-state index contributed by atoms with van der Waals surface area (Å²) >= 11 is 6.20. The van der Waals surface area contributed by atoms with Gasteiger partial charge in [-0.3, -0.25) is 4.68 Å². The Kier molecular flexibility index (Phi) is 5.05. The molecule has 1 atom stereocenters. The van der Waals surface area contributed by atoms with Crippen molar-refractivity contribution in [1.82, 2.24) is 15.1 Å². The van der Waals surface area contributed by atoms with Gasteiger partial charge in [0.25, 0.3) is 0 Å². The number of aliphatic hydroxyl groups excluding tert-OH is 1. The molecule has 0 amide bonds. The molecule has 0 bridgehead atoms. The van der Waals surface area contributed by atoms with Gasteiger partial charge in [-0.25, -0.2) is 0 Å². The Balaban J connectivity index is 1.62. The molecule has 0 saturated carbocycles. The van der Waals surface area contributed by atoms with Crippen LogP contribution in [-0.4, -0.2) is 34.6 Å². The first-order valence-electron chi connectivity index (χ1n) is 7.67. The number of aromatic nitrogens is 2. The summed E-state index contributed by atoms with van der Waals surface area (Å²) in [5.74, 6) is 1.13. The van der Waals surface area contributed by atoms with E-state index >= 15 is 0 Å². The lowest BCUT2D eigenvalue weighted by Gasteiger charge is -2.21. The van der Waals surface area contributed by atoms with Crippen molar-refractivity contribution in [1.29, 1.82) is 0 Å². The number of nitrogens with one attached hydrogen (secondary N) is 1. The van der Waals surface area contributed by atoms with E-state index in [-0.39, 0.29) is 0 Å². The molecule has 1 aromatic heterocycles. The van der Waals surface area contributed by atoms with Crippen molar-refractivity contribution in [3.63, 3.8) is 0 Å². The van der Waals surface area contributed by atoms with Crippen molar-refractivity contribution in [3.8, 4) is 11.5 Å². The van der Waals surface area contributed by atoms with Crippen molar-refractivity contribution in [3.05, 3.63) is 40.7 Å². The number of hydrogen-bond donors (Lipinski definition) is 2. The first-order chi connectivity index (χ1) is 11.2. The Labute approximate surface area is 140 Å². The molecule has 0 aliphatic carbocycles. The van der Waals surface area contributed by atoms with Crippen LogP contribution >= 0.6 is 11.6 Å². The van der Waals surface area contributed by atoms with E-state index in [1.165, 1.54) is 0 Å². The van der Waals surface area contributed by atoms with Gasteiger partial charge in [-0.05, 0) is 30.7 Å². The summed E-state index contributed by atoms with van der Waals surface area (Å²) in [5, 5.41) is 18.3. The smallest absolute Gasteiger partial charge is 0.179 e. The topological polar surface area (TPSA) is 68.5 Å². The number of benzene rings is 1. The number of halogens is 1. The van der Waals surface area contributed by atoms with Gasteiger partial charge in [-0.1, -0.05) is 11.6 Å². The summed E-state index contributed by atoms with van der Waals surface area (Å²) < 4.78 is 12.9. The average molecular weight is 338 g/mol. The number of fused-ring (bicyclic) bond motifs is 1. The summed E-state index contributed by atoms with van der Waals surface area (Å²) in [4.78, 5) is 0. The molecule has 1 aromatic carbocycles. The third kappa shape index (κ3) is 3.60.